The summed E-state index contributed by atoms with van der Waals surface area (Å²) in [7, 11) is 0. The topological polar surface area (TPSA) is 12.0 Å². The maximum atomic E-state index is 3.92. The van der Waals surface area contributed by atoms with Crippen LogP contribution >= 0.6 is 0 Å². The zero-order chi connectivity index (χ0) is 14.9. The Balaban J connectivity index is 1.64. The van der Waals surface area contributed by atoms with E-state index in [1.54, 1.807) is 0 Å². The molecule has 0 bridgehead atoms. The van der Waals surface area contributed by atoms with Crippen LogP contribution in [0, 0.1) is 22.7 Å². The molecule has 0 saturated heterocycles. The van der Waals surface area contributed by atoms with Crippen LogP contribution in [-0.2, 0) is 0 Å². The molecule has 0 aromatic carbocycles. The van der Waals surface area contributed by atoms with Crippen LogP contribution in [0.4, 0.5) is 0 Å². The van der Waals surface area contributed by atoms with Crippen molar-refractivity contribution in [3.8, 4) is 0 Å². The summed E-state index contributed by atoms with van der Waals surface area (Å²) < 4.78 is 0. The number of hydrogen-bond acceptors (Lipinski definition) is 1. The van der Waals surface area contributed by atoms with E-state index < -0.39 is 0 Å². The van der Waals surface area contributed by atoms with Gasteiger partial charge in [0.2, 0.25) is 0 Å². The van der Waals surface area contributed by atoms with Gasteiger partial charge in [-0.2, -0.15) is 0 Å². The van der Waals surface area contributed by atoms with Crippen molar-refractivity contribution >= 4 is 0 Å². The van der Waals surface area contributed by atoms with Crippen LogP contribution in [0.3, 0.4) is 0 Å². The largest absolute Gasteiger partial charge is 0.313 e. The normalized spacial score (nSPS) is 35.9. The molecule has 1 N–H and O–H groups in total. The number of hydrogen-bond donors (Lipinski definition) is 1. The molecule has 0 spiro atoms. The second kappa shape index (κ2) is 6.22. The molecule has 3 saturated carbocycles. The van der Waals surface area contributed by atoms with E-state index in [0.29, 0.717) is 10.8 Å². The third-order valence-electron chi connectivity index (χ3n) is 7.00. The lowest BCUT2D eigenvalue weighted by atomic mass is 9.57. The smallest absolute Gasteiger partial charge is 0.00684 e. The molecule has 3 rings (SSSR count). The predicted octanol–water partition coefficient (Wildman–Crippen LogP) is 5.54. The molecule has 122 valence electrons. The van der Waals surface area contributed by atoms with Gasteiger partial charge >= 0.3 is 0 Å². The van der Waals surface area contributed by atoms with Gasteiger partial charge < -0.3 is 5.32 Å². The van der Waals surface area contributed by atoms with Crippen LogP contribution in [0.25, 0.3) is 0 Å². The van der Waals surface area contributed by atoms with E-state index >= 15 is 0 Å². The monoisotopic (exact) mass is 291 g/mol. The summed E-state index contributed by atoms with van der Waals surface area (Å²) in [6, 6.07) is 0.880. The van der Waals surface area contributed by atoms with E-state index in [-0.39, 0.29) is 0 Å². The zero-order valence-corrected chi connectivity index (χ0v) is 14.7. The van der Waals surface area contributed by atoms with Crippen molar-refractivity contribution in [2.24, 2.45) is 22.7 Å². The summed E-state index contributed by atoms with van der Waals surface area (Å²) in [5.41, 5.74) is 1.17. The van der Waals surface area contributed by atoms with Gasteiger partial charge in [-0.05, 0) is 74.0 Å². The minimum atomic E-state index is 0.517. The molecular weight excluding hydrogens is 254 g/mol. The highest BCUT2D eigenvalue weighted by Crippen LogP contribution is 2.52. The van der Waals surface area contributed by atoms with E-state index in [4.69, 9.17) is 0 Å². The molecule has 3 fully saturated rings. The summed E-state index contributed by atoms with van der Waals surface area (Å²) in [4.78, 5) is 0. The van der Waals surface area contributed by atoms with Gasteiger partial charge in [0.05, 0.1) is 0 Å². The molecule has 0 aliphatic heterocycles. The molecule has 0 amide bonds. The van der Waals surface area contributed by atoms with Crippen molar-refractivity contribution in [2.45, 2.75) is 97.4 Å². The molecule has 0 unspecified atom stereocenters. The second-order valence-electron chi connectivity index (χ2n) is 9.49. The van der Waals surface area contributed by atoms with Crippen molar-refractivity contribution in [2.75, 3.05) is 6.54 Å². The SMILES string of the molecule is CC(C)(C)C1CCC(CNC2CC2)(C2CCCCC2)CC1. The quantitative estimate of drug-likeness (QED) is 0.717. The summed E-state index contributed by atoms with van der Waals surface area (Å²) in [5.74, 6) is 1.98. The van der Waals surface area contributed by atoms with Gasteiger partial charge in [-0.3, -0.25) is 0 Å². The average molecular weight is 292 g/mol. The van der Waals surface area contributed by atoms with Gasteiger partial charge in [0, 0.05) is 12.6 Å². The first-order valence-corrected chi connectivity index (χ1v) is 9.73. The Kier molecular flexibility index (Phi) is 4.69. The van der Waals surface area contributed by atoms with Gasteiger partial charge in [0.25, 0.3) is 0 Å². The van der Waals surface area contributed by atoms with Crippen LogP contribution in [-0.4, -0.2) is 12.6 Å². The minimum Gasteiger partial charge on any atom is -0.313 e. The second-order valence-corrected chi connectivity index (χ2v) is 9.49. The lowest BCUT2D eigenvalue weighted by Crippen LogP contribution is -2.45. The molecule has 0 aromatic heterocycles. The maximum Gasteiger partial charge on any atom is 0.00684 e. The molecular formula is C20H37N. The standard InChI is InChI=1S/C20H37N/c1-19(2,3)16-11-13-20(14-12-16,15-21-18-9-10-18)17-7-5-4-6-8-17/h16-18,21H,4-15H2,1-3H3. The predicted molar refractivity (Wildman–Crippen MR) is 91.4 cm³/mol. The van der Waals surface area contributed by atoms with Gasteiger partial charge in [-0.1, -0.05) is 40.0 Å². The van der Waals surface area contributed by atoms with Crippen molar-refractivity contribution in [1.29, 1.82) is 0 Å². The molecule has 1 heteroatoms. The highest BCUT2D eigenvalue weighted by Gasteiger charge is 2.44. The Bertz CT molecular complexity index is 322. The summed E-state index contributed by atoms with van der Waals surface area (Å²) >= 11 is 0. The highest BCUT2D eigenvalue weighted by atomic mass is 15.0. The molecule has 0 radical (unpaired) electrons. The number of nitrogens with one attached hydrogen (secondary N) is 1. The third kappa shape index (κ3) is 3.84. The minimum absolute atomic E-state index is 0.517. The van der Waals surface area contributed by atoms with E-state index in [1.807, 2.05) is 0 Å². The van der Waals surface area contributed by atoms with Crippen LogP contribution < -0.4 is 5.32 Å². The van der Waals surface area contributed by atoms with Crippen LogP contribution in [0.5, 0.6) is 0 Å². The molecule has 3 aliphatic carbocycles. The molecule has 21 heavy (non-hydrogen) atoms. The molecule has 0 aromatic rings. The molecule has 3 aliphatic rings. The van der Waals surface area contributed by atoms with E-state index in [9.17, 15) is 0 Å². The summed E-state index contributed by atoms with van der Waals surface area (Å²) in [6.45, 7) is 8.69. The molecule has 0 atom stereocenters. The van der Waals surface area contributed by atoms with Crippen LogP contribution in [0.2, 0.25) is 0 Å². The number of rotatable bonds is 4. The highest BCUT2D eigenvalue weighted by molar-refractivity contribution is 4.97. The van der Waals surface area contributed by atoms with Crippen molar-refractivity contribution < 1.29 is 0 Å². The van der Waals surface area contributed by atoms with Crippen LogP contribution in [0.1, 0.15) is 91.4 Å². The third-order valence-corrected chi connectivity index (χ3v) is 7.00. The van der Waals surface area contributed by atoms with E-state index in [1.165, 1.54) is 77.2 Å². The average Bonchev–Trinajstić information content (AvgIpc) is 3.30. The fourth-order valence-electron chi connectivity index (χ4n) is 5.14. The Hall–Kier alpha value is -0.0400. The summed E-state index contributed by atoms with van der Waals surface area (Å²) in [6.07, 6.45) is 16.4. The lowest BCUT2D eigenvalue weighted by molar-refractivity contribution is 0.0224. The van der Waals surface area contributed by atoms with E-state index in [0.717, 1.165) is 17.9 Å². The molecule has 1 nitrogen and oxygen atoms in total. The zero-order valence-electron chi connectivity index (χ0n) is 14.7. The first-order chi connectivity index (χ1) is 10.00. The van der Waals surface area contributed by atoms with Crippen molar-refractivity contribution in [3.05, 3.63) is 0 Å². The molecule has 0 heterocycles. The van der Waals surface area contributed by atoms with E-state index in [2.05, 4.69) is 26.1 Å². The first kappa shape index (κ1) is 15.8. The Morgan fingerprint density at radius 3 is 2.00 bits per heavy atom. The summed E-state index contributed by atoms with van der Waals surface area (Å²) in [5, 5.41) is 3.92. The van der Waals surface area contributed by atoms with Gasteiger partial charge in [0.15, 0.2) is 0 Å². The van der Waals surface area contributed by atoms with Gasteiger partial charge in [0.1, 0.15) is 0 Å². The Labute approximate surface area is 132 Å². The Morgan fingerprint density at radius 2 is 1.48 bits per heavy atom. The first-order valence-electron chi connectivity index (χ1n) is 9.73. The fraction of sp³-hybridized carbons (Fsp3) is 1.00. The lowest BCUT2D eigenvalue weighted by Gasteiger charge is -2.49. The maximum absolute atomic E-state index is 3.92. The van der Waals surface area contributed by atoms with Gasteiger partial charge in [-0.15, -0.1) is 0 Å². The van der Waals surface area contributed by atoms with Crippen molar-refractivity contribution in [1.82, 2.24) is 5.32 Å². The fourth-order valence-corrected chi connectivity index (χ4v) is 5.14. The van der Waals surface area contributed by atoms with Crippen LogP contribution in [0.15, 0.2) is 0 Å². The van der Waals surface area contributed by atoms with Crippen molar-refractivity contribution in [3.63, 3.8) is 0 Å². The Morgan fingerprint density at radius 1 is 0.857 bits per heavy atom. The van der Waals surface area contributed by atoms with Gasteiger partial charge in [-0.25, -0.2) is 0 Å².